The van der Waals surface area contributed by atoms with Gasteiger partial charge in [-0.1, -0.05) is 38.4 Å². The molecule has 35 heavy (non-hydrogen) atoms. The molecule has 0 saturated heterocycles. The van der Waals surface area contributed by atoms with Crippen molar-refractivity contribution in [2.24, 2.45) is 39.2 Å². The number of rotatable bonds is 7. The maximum atomic E-state index is 12.1. The Hall–Kier alpha value is -1.93. The van der Waals surface area contributed by atoms with E-state index >= 15 is 0 Å². The first-order valence-corrected chi connectivity index (χ1v) is 13.1. The highest BCUT2D eigenvalue weighted by Crippen LogP contribution is 2.65. The van der Waals surface area contributed by atoms with Gasteiger partial charge in [-0.15, -0.1) is 0 Å². The molecule has 0 aliphatic heterocycles. The fourth-order valence-electron chi connectivity index (χ4n) is 7.60. The van der Waals surface area contributed by atoms with Crippen molar-refractivity contribution in [1.82, 2.24) is 5.32 Å². The Kier molecular flexibility index (Phi) is 7.10. The van der Waals surface area contributed by atoms with Crippen LogP contribution in [0.15, 0.2) is 16.8 Å². The Morgan fingerprint density at radius 2 is 1.91 bits per heavy atom. The average Bonchev–Trinajstić information content (AvgIpc) is 3.11. The van der Waals surface area contributed by atoms with Gasteiger partial charge in [0, 0.05) is 12.0 Å². The molecule has 4 aliphatic carbocycles. The smallest absolute Gasteiger partial charge is 0.333 e. The number of amides is 1. The van der Waals surface area contributed by atoms with E-state index in [2.05, 4.69) is 30.4 Å². The standard InChI is InChI=1S/C27H42N2O6/c1-25(2,23(32)24(33)34)15-28-22(31)14-35-29-17-9-11-26(3)16(13-17)5-6-18-19-7-8-21(30)27(19,4)12-10-20(18)26/h13,18-21,23,30,32H,5-12,14-15H2,1-4H3,(H,28,31)(H,33,34). The molecule has 0 spiro atoms. The number of carboxylic acids is 1. The van der Waals surface area contributed by atoms with E-state index in [0.29, 0.717) is 17.8 Å². The number of oxime groups is 1. The van der Waals surface area contributed by atoms with Gasteiger partial charge in [-0.25, -0.2) is 4.79 Å². The number of carboxylic acid groups (broad SMARTS) is 1. The lowest BCUT2D eigenvalue weighted by Crippen LogP contribution is -2.51. The second-order valence-corrected chi connectivity index (χ2v) is 12.5. The highest BCUT2D eigenvalue weighted by molar-refractivity contribution is 5.96. The van der Waals surface area contributed by atoms with Gasteiger partial charge in [0.25, 0.3) is 5.91 Å². The van der Waals surface area contributed by atoms with Gasteiger partial charge in [-0.3, -0.25) is 4.79 Å². The number of aliphatic hydroxyl groups is 2. The van der Waals surface area contributed by atoms with Crippen LogP contribution in [0.1, 0.15) is 79.1 Å². The second kappa shape index (κ2) is 9.51. The molecule has 8 heteroatoms. The minimum atomic E-state index is -1.57. The van der Waals surface area contributed by atoms with Crippen molar-refractivity contribution in [2.75, 3.05) is 13.2 Å². The highest BCUT2D eigenvalue weighted by Gasteiger charge is 2.58. The summed E-state index contributed by atoms with van der Waals surface area (Å²) in [5.74, 6) is 0.256. The predicted octanol–water partition coefficient (Wildman–Crippen LogP) is 3.27. The van der Waals surface area contributed by atoms with Crippen LogP contribution in [0.4, 0.5) is 0 Å². The molecule has 7 unspecified atom stereocenters. The van der Waals surface area contributed by atoms with E-state index in [0.717, 1.165) is 44.2 Å². The first kappa shape index (κ1) is 26.1. The molecular weight excluding hydrogens is 448 g/mol. The van der Waals surface area contributed by atoms with Crippen molar-refractivity contribution in [1.29, 1.82) is 0 Å². The van der Waals surface area contributed by atoms with Crippen molar-refractivity contribution < 1.29 is 29.7 Å². The molecule has 0 aromatic heterocycles. The minimum absolute atomic E-state index is 0.0151. The first-order chi connectivity index (χ1) is 16.4. The van der Waals surface area contributed by atoms with Gasteiger partial charge >= 0.3 is 5.97 Å². The van der Waals surface area contributed by atoms with Gasteiger partial charge in [0.2, 0.25) is 0 Å². The van der Waals surface area contributed by atoms with Crippen molar-refractivity contribution in [3.05, 3.63) is 11.6 Å². The second-order valence-electron chi connectivity index (χ2n) is 12.5. The van der Waals surface area contributed by atoms with Crippen LogP contribution in [0.25, 0.3) is 0 Å². The van der Waals surface area contributed by atoms with Gasteiger partial charge < -0.3 is 25.5 Å². The van der Waals surface area contributed by atoms with E-state index in [1.54, 1.807) is 13.8 Å². The molecule has 1 amide bonds. The zero-order valence-corrected chi connectivity index (χ0v) is 21.5. The number of aliphatic carboxylic acids is 1. The number of allylic oxidation sites excluding steroid dienone is 2. The van der Waals surface area contributed by atoms with E-state index < -0.39 is 23.4 Å². The Morgan fingerprint density at radius 1 is 1.17 bits per heavy atom. The van der Waals surface area contributed by atoms with Gasteiger partial charge in [0.05, 0.1) is 11.8 Å². The van der Waals surface area contributed by atoms with Crippen molar-refractivity contribution in [3.8, 4) is 0 Å². The van der Waals surface area contributed by atoms with Crippen LogP contribution >= 0.6 is 0 Å². The zero-order chi connectivity index (χ0) is 25.6. The molecule has 4 rings (SSSR count). The van der Waals surface area contributed by atoms with Crippen molar-refractivity contribution >= 4 is 17.6 Å². The first-order valence-electron chi connectivity index (χ1n) is 13.1. The topological polar surface area (TPSA) is 128 Å². The third-order valence-electron chi connectivity index (χ3n) is 10.0. The summed E-state index contributed by atoms with van der Waals surface area (Å²) in [6.45, 7) is 7.65. The molecule has 3 fully saturated rings. The summed E-state index contributed by atoms with van der Waals surface area (Å²) in [5, 5.41) is 36.2. The molecule has 3 saturated carbocycles. The van der Waals surface area contributed by atoms with E-state index in [1.165, 1.54) is 18.4 Å². The summed E-state index contributed by atoms with van der Waals surface area (Å²) in [6.07, 6.45) is 8.93. The van der Waals surface area contributed by atoms with Gasteiger partial charge in [-0.2, -0.15) is 0 Å². The number of carbonyl (C=O) groups is 2. The summed E-state index contributed by atoms with van der Waals surface area (Å²) in [6, 6.07) is 0. The summed E-state index contributed by atoms with van der Waals surface area (Å²) in [5.41, 5.74) is 1.57. The normalized spacial score (nSPS) is 38.6. The van der Waals surface area contributed by atoms with Gasteiger partial charge in [0.1, 0.15) is 0 Å². The van der Waals surface area contributed by atoms with Crippen LogP contribution in [0.3, 0.4) is 0 Å². The quantitative estimate of drug-likeness (QED) is 0.406. The Bertz CT molecular complexity index is 913. The average molecular weight is 491 g/mol. The number of nitrogens with zero attached hydrogens (tertiary/aromatic N) is 1. The van der Waals surface area contributed by atoms with Crippen LogP contribution in [0.5, 0.6) is 0 Å². The molecule has 0 radical (unpaired) electrons. The Balaban J connectivity index is 1.33. The fourth-order valence-corrected chi connectivity index (χ4v) is 7.60. The number of fused-ring (bicyclic) bond motifs is 5. The number of aliphatic hydroxyl groups excluding tert-OH is 2. The van der Waals surface area contributed by atoms with Gasteiger partial charge in [0.15, 0.2) is 12.7 Å². The highest BCUT2D eigenvalue weighted by atomic mass is 16.6. The van der Waals surface area contributed by atoms with Crippen LogP contribution in [0, 0.1) is 34.0 Å². The molecule has 196 valence electrons. The minimum Gasteiger partial charge on any atom is -0.479 e. The van der Waals surface area contributed by atoms with Gasteiger partial charge in [-0.05, 0) is 86.0 Å². The monoisotopic (exact) mass is 490 g/mol. The number of nitrogens with one attached hydrogen (secondary N) is 1. The molecule has 0 bridgehead atoms. The van der Waals surface area contributed by atoms with Crippen LogP contribution < -0.4 is 5.32 Å². The molecule has 0 aromatic rings. The zero-order valence-electron chi connectivity index (χ0n) is 21.5. The number of carbonyl (C=O) groups excluding carboxylic acids is 1. The Morgan fingerprint density at radius 3 is 2.63 bits per heavy atom. The third kappa shape index (κ3) is 4.76. The lowest BCUT2D eigenvalue weighted by Gasteiger charge is -2.57. The van der Waals surface area contributed by atoms with E-state index in [9.17, 15) is 19.8 Å². The third-order valence-corrected chi connectivity index (χ3v) is 10.0. The molecule has 4 N–H and O–H groups in total. The maximum Gasteiger partial charge on any atom is 0.333 e. The number of hydrogen-bond donors (Lipinski definition) is 4. The van der Waals surface area contributed by atoms with E-state index in [1.807, 2.05) is 0 Å². The molecule has 7 atom stereocenters. The largest absolute Gasteiger partial charge is 0.479 e. The van der Waals surface area contributed by atoms with E-state index in [4.69, 9.17) is 9.94 Å². The van der Waals surface area contributed by atoms with Crippen molar-refractivity contribution in [3.63, 3.8) is 0 Å². The SMILES string of the molecule is CC(C)(CNC(=O)CON=C1C=C2CCC3C(CCC4(C)C(O)CCC34)C2(C)CC1)C(O)C(=O)O. The van der Waals surface area contributed by atoms with Crippen LogP contribution in [0.2, 0.25) is 0 Å². The lowest BCUT2D eigenvalue weighted by atomic mass is 9.47. The molecule has 8 nitrogen and oxygen atoms in total. The maximum absolute atomic E-state index is 12.1. The number of hydrogen-bond acceptors (Lipinski definition) is 6. The summed E-state index contributed by atoms with van der Waals surface area (Å²) in [7, 11) is 0. The molecule has 4 aliphatic rings. The predicted molar refractivity (Wildman–Crippen MR) is 132 cm³/mol. The van der Waals surface area contributed by atoms with Crippen LogP contribution in [-0.2, 0) is 14.4 Å². The molecule has 0 aromatic carbocycles. The fraction of sp³-hybridized carbons (Fsp3) is 0.815. The van der Waals surface area contributed by atoms with Crippen molar-refractivity contribution in [2.45, 2.75) is 91.3 Å². The van der Waals surface area contributed by atoms with Crippen LogP contribution in [-0.4, -0.2) is 58.3 Å². The molecular formula is C27H42N2O6. The lowest BCUT2D eigenvalue weighted by molar-refractivity contribution is -0.153. The summed E-state index contributed by atoms with van der Waals surface area (Å²) >= 11 is 0. The summed E-state index contributed by atoms with van der Waals surface area (Å²) < 4.78 is 0. The summed E-state index contributed by atoms with van der Waals surface area (Å²) in [4.78, 5) is 28.5. The molecule has 0 heterocycles. The Labute approximate surface area is 208 Å². The van der Waals surface area contributed by atoms with E-state index in [-0.39, 0.29) is 30.1 Å².